The molecule has 2 atom stereocenters. The Hall–Kier alpha value is -3.04. The Morgan fingerprint density at radius 1 is 1.21 bits per heavy atom. The number of carbonyl (C=O) groups is 2. The average molecular weight is 398 g/mol. The third-order valence-electron chi connectivity index (χ3n) is 4.03. The predicted octanol–water partition coefficient (Wildman–Crippen LogP) is 2.80. The van der Waals surface area contributed by atoms with Crippen molar-refractivity contribution in [2.24, 2.45) is 7.05 Å². The van der Waals surface area contributed by atoms with Crippen LogP contribution in [-0.4, -0.2) is 39.1 Å². The molecule has 0 saturated heterocycles. The van der Waals surface area contributed by atoms with Crippen LogP contribution in [0.3, 0.4) is 0 Å². The molecule has 0 aliphatic heterocycles. The molecule has 0 aliphatic carbocycles. The van der Waals surface area contributed by atoms with E-state index in [0.29, 0.717) is 6.42 Å². The van der Waals surface area contributed by atoms with Crippen molar-refractivity contribution < 1.29 is 27.9 Å². The molecule has 1 aromatic carbocycles. The molecule has 7 nitrogen and oxygen atoms in total. The Balaban J connectivity index is 2.08. The summed E-state index contributed by atoms with van der Waals surface area (Å²) in [5, 5.41) is 17.0. The van der Waals surface area contributed by atoms with Crippen LogP contribution >= 0.6 is 0 Å². The number of benzene rings is 1. The van der Waals surface area contributed by atoms with Crippen LogP contribution in [0.15, 0.2) is 42.7 Å². The number of nitrogens with one attached hydrogen (secondary N) is 2. The van der Waals surface area contributed by atoms with Crippen molar-refractivity contribution in [1.82, 2.24) is 20.4 Å². The van der Waals surface area contributed by atoms with Gasteiger partial charge in [-0.2, -0.15) is 18.3 Å². The maximum Gasteiger partial charge on any atom is 0.413 e. The van der Waals surface area contributed by atoms with Crippen molar-refractivity contribution in [2.75, 3.05) is 0 Å². The number of rotatable bonds is 8. The molecule has 2 unspecified atom stereocenters. The number of alkyl halides is 3. The minimum Gasteiger partial charge on any atom is -0.481 e. The summed E-state index contributed by atoms with van der Waals surface area (Å²) >= 11 is 0. The van der Waals surface area contributed by atoms with Crippen molar-refractivity contribution >= 4 is 12.0 Å². The lowest BCUT2D eigenvalue weighted by atomic mass is 10.0. The van der Waals surface area contributed by atoms with E-state index in [-0.39, 0.29) is 18.4 Å². The molecule has 0 aliphatic rings. The Kier molecular flexibility index (Phi) is 7.02. The molecule has 1 heterocycles. The number of aromatic nitrogens is 2. The van der Waals surface area contributed by atoms with Crippen molar-refractivity contribution in [2.45, 2.75) is 37.5 Å². The molecule has 2 aromatic rings. The van der Waals surface area contributed by atoms with Gasteiger partial charge in [-0.25, -0.2) is 4.79 Å². The lowest BCUT2D eigenvalue weighted by molar-refractivity contribution is -0.155. The molecule has 28 heavy (non-hydrogen) atoms. The van der Waals surface area contributed by atoms with Gasteiger partial charge in [-0.05, 0) is 18.4 Å². The zero-order chi connectivity index (χ0) is 20.7. The van der Waals surface area contributed by atoms with Gasteiger partial charge in [-0.3, -0.25) is 9.48 Å². The second-order valence-electron chi connectivity index (χ2n) is 6.36. The standard InChI is InChI=1S/C18H21F3N4O3/c1-25-11-13(10-22-25)16(18(19,20)21)24-17(28)23-14(7-8-15(26)27)9-12-5-3-2-4-6-12/h2-6,10-11,14,16H,7-9H2,1H3,(H,26,27)(H2,23,24,28). The highest BCUT2D eigenvalue weighted by atomic mass is 19.4. The van der Waals surface area contributed by atoms with Gasteiger partial charge in [-0.15, -0.1) is 0 Å². The summed E-state index contributed by atoms with van der Waals surface area (Å²) in [5.41, 5.74) is 0.633. The van der Waals surface area contributed by atoms with Crippen LogP contribution in [0.25, 0.3) is 0 Å². The summed E-state index contributed by atoms with van der Waals surface area (Å²) in [6, 6.07) is 5.06. The molecule has 0 fully saturated rings. The summed E-state index contributed by atoms with van der Waals surface area (Å²) in [6.45, 7) is 0. The predicted molar refractivity (Wildman–Crippen MR) is 94.5 cm³/mol. The van der Waals surface area contributed by atoms with Crippen molar-refractivity contribution in [3.8, 4) is 0 Å². The quantitative estimate of drug-likeness (QED) is 0.637. The van der Waals surface area contributed by atoms with Gasteiger partial charge in [0.05, 0.1) is 6.20 Å². The molecule has 10 heteroatoms. The number of urea groups is 1. The van der Waals surface area contributed by atoms with Crippen LogP contribution in [0, 0.1) is 0 Å². The van der Waals surface area contributed by atoms with Crippen molar-refractivity contribution in [3.63, 3.8) is 0 Å². The van der Waals surface area contributed by atoms with Gasteiger partial charge in [-0.1, -0.05) is 30.3 Å². The Morgan fingerprint density at radius 3 is 2.43 bits per heavy atom. The monoisotopic (exact) mass is 398 g/mol. The zero-order valence-electron chi connectivity index (χ0n) is 15.1. The number of hydrogen-bond acceptors (Lipinski definition) is 3. The minimum atomic E-state index is -4.71. The third kappa shape index (κ3) is 6.60. The fourth-order valence-electron chi connectivity index (χ4n) is 2.72. The number of carboxylic acid groups (broad SMARTS) is 1. The Morgan fingerprint density at radius 2 is 1.89 bits per heavy atom. The Labute approximate surface area is 159 Å². The molecule has 1 aromatic heterocycles. The summed E-state index contributed by atoms with van der Waals surface area (Å²) < 4.78 is 41.3. The van der Waals surface area contributed by atoms with Gasteiger partial charge in [0.1, 0.15) is 0 Å². The fourth-order valence-corrected chi connectivity index (χ4v) is 2.72. The molecule has 2 rings (SSSR count). The normalized spacial score (nSPS) is 13.6. The van der Waals surface area contributed by atoms with Gasteiger partial charge in [0, 0.05) is 31.3 Å². The Bertz CT molecular complexity index is 793. The number of amides is 2. The number of carbonyl (C=O) groups excluding carboxylic acids is 1. The van der Waals surface area contributed by atoms with E-state index in [1.54, 1.807) is 30.3 Å². The van der Waals surface area contributed by atoms with Crippen LogP contribution < -0.4 is 10.6 Å². The van der Waals surface area contributed by atoms with Crippen LogP contribution in [0.1, 0.15) is 30.0 Å². The van der Waals surface area contributed by atoms with Crippen molar-refractivity contribution in [3.05, 3.63) is 53.9 Å². The molecule has 2 amide bonds. The molecule has 0 spiro atoms. The van der Waals surface area contributed by atoms with E-state index in [1.165, 1.54) is 17.9 Å². The fraction of sp³-hybridized carbons (Fsp3) is 0.389. The number of carboxylic acids is 1. The van der Waals surface area contributed by atoms with Crippen LogP contribution in [0.4, 0.5) is 18.0 Å². The molecule has 0 bridgehead atoms. The van der Waals surface area contributed by atoms with Gasteiger partial charge in [0.2, 0.25) is 0 Å². The largest absolute Gasteiger partial charge is 0.481 e. The third-order valence-corrected chi connectivity index (χ3v) is 4.03. The lowest BCUT2D eigenvalue weighted by Crippen LogP contribution is -2.47. The first-order valence-corrected chi connectivity index (χ1v) is 8.53. The van der Waals surface area contributed by atoms with E-state index in [2.05, 4.69) is 10.4 Å². The van der Waals surface area contributed by atoms with Gasteiger partial charge in [0.15, 0.2) is 6.04 Å². The SMILES string of the molecule is Cn1cc(C(NC(=O)NC(CCC(=O)O)Cc2ccccc2)C(F)(F)F)cn1. The van der Waals surface area contributed by atoms with E-state index in [0.717, 1.165) is 11.8 Å². The van der Waals surface area contributed by atoms with Gasteiger partial charge < -0.3 is 15.7 Å². The first-order valence-electron chi connectivity index (χ1n) is 8.53. The molecule has 3 N–H and O–H groups in total. The molecule has 0 radical (unpaired) electrons. The highest BCUT2D eigenvalue weighted by Gasteiger charge is 2.42. The first-order chi connectivity index (χ1) is 13.1. The number of nitrogens with zero attached hydrogens (tertiary/aromatic N) is 2. The average Bonchev–Trinajstić information content (AvgIpc) is 3.03. The lowest BCUT2D eigenvalue weighted by Gasteiger charge is -2.23. The topological polar surface area (TPSA) is 96.2 Å². The van der Waals surface area contributed by atoms with E-state index in [1.807, 2.05) is 5.32 Å². The number of halogens is 3. The molecular formula is C18H21F3N4O3. The number of aryl methyl sites for hydroxylation is 1. The van der Waals surface area contributed by atoms with Gasteiger partial charge >= 0.3 is 18.2 Å². The van der Waals surface area contributed by atoms with Crippen LogP contribution in [-0.2, 0) is 18.3 Å². The minimum absolute atomic E-state index is 0.0845. The highest BCUT2D eigenvalue weighted by molar-refractivity contribution is 5.75. The van der Waals surface area contributed by atoms with E-state index >= 15 is 0 Å². The van der Waals surface area contributed by atoms with Crippen LogP contribution in [0.5, 0.6) is 0 Å². The second-order valence-corrected chi connectivity index (χ2v) is 6.36. The molecular weight excluding hydrogens is 377 g/mol. The maximum absolute atomic E-state index is 13.4. The van der Waals surface area contributed by atoms with E-state index < -0.39 is 30.3 Å². The van der Waals surface area contributed by atoms with E-state index in [9.17, 15) is 22.8 Å². The zero-order valence-corrected chi connectivity index (χ0v) is 15.1. The number of aliphatic carboxylic acids is 1. The molecule has 152 valence electrons. The summed E-state index contributed by atoms with van der Waals surface area (Å²) in [4.78, 5) is 23.1. The van der Waals surface area contributed by atoms with Crippen molar-refractivity contribution in [1.29, 1.82) is 0 Å². The molecule has 0 saturated carbocycles. The summed E-state index contributed by atoms with van der Waals surface area (Å²) in [6.07, 6.45) is -2.35. The van der Waals surface area contributed by atoms with E-state index in [4.69, 9.17) is 5.11 Å². The highest BCUT2D eigenvalue weighted by Crippen LogP contribution is 2.32. The second kappa shape index (κ2) is 9.25. The first kappa shape index (κ1) is 21.3. The van der Waals surface area contributed by atoms with Gasteiger partial charge in [0.25, 0.3) is 0 Å². The summed E-state index contributed by atoms with van der Waals surface area (Å²) in [5.74, 6) is -1.05. The number of hydrogen-bond donors (Lipinski definition) is 3. The summed E-state index contributed by atoms with van der Waals surface area (Å²) in [7, 11) is 1.47. The smallest absolute Gasteiger partial charge is 0.413 e. The maximum atomic E-state index is 13.4. The van der Waals surface area contributed by atoms with Crippen LogP contribution in [0.2, 0.25) is 0 Å².